The summed E-state index contributed by atoms with van der Waals surface area (Å²) in [5.41, 5.74) is -0.208. The van der Waals surface area contributed by atoms with E-state index >= 15 is 0 Å². The lowest BCUT2D eigenvalue weighted by Gasteiger charge is -1.80. The highest BCUT2D eigenvalue weighted by Crippen LogP contribution is 2.24. The van der Waals surface area contributed by atoms with E-state index in [9.17, 15) is 4.39 Å². The Morgan fingerprint density at radius 2 is 1.67 bits per heavy atom. The first-order valence-corrected chi connectivity index (χ1v) is 3.44. The average molecular weight is 236 g/mol. The molecule has 0 rings (SSSR count). The van der Waals surface area contributed by atoms with Crippen LogP contribution in [0.2, 0.25) is 0 Å². The molecule has 0 aliphatic heterocycles. The number of hydrogen-bond acceptors (Lipinski definition) is 0. The summed E-state index contributed by atoms with van der Waals surface area (Å²) in [6, 6.07) is 0. The van der Waals surface area contributed by atoms with Crippen molar-refractivity contribution in [1.29, 1.82) is 0 Å². The molecule has 0 heterocycles. The summed E-state index contributed by atoms with van der Waals surface area (Å²) < 4.78 is 12.2. The summed E-state index contributed by atoms with van der Waals surface area (Å²) in [4.78, 5) is 0. The van der Waals surface area contributed by atoms with E-state index in [0.29, 0.717) is 3.32 Å². The zero-order chi connectivity index (χ0) is 5.15. The van der Waals surface area contributed by atoms with Crippen molar-refractivity contribution in [3.8, 4) is 0 Å². The van der Waals surface area contributed by atoms with Gasteiger partial charge in [-0.3, -0.25) is 0 Å². The molecule has 2 atom stereocenters. The molecule has 36 valence electrons. The SMILES string of the molecule is F/C(P)=C(/P)I. The van der Waals surface area contributed by atoms with Gasteiger partial charge in [0.25, 0.3) is 0 Å². The van der Waals surface area contributed by atoms with E-state index in [1.54, 1.807) is 0 Å². The molecule has 0 saturated heterocycles. The second-order valence-electron chi connectivity index (χ2n) is 0.696. The van der Waals surface area contributed by atoms with Crippen LogP contribution in [0.25, 0.3) is 0 Å². The Hall–Kier alpha value is 1.26. The van der Waals surface area contributed by atoms with Crippen molar-refractivity contribution >= 4 is 41.1 Å². The van der Waals surface area contributed by atoms with E-state index in [-0.39, 0.29) is 5.57 Å². The predicted octanol–water partition coefficient (Wildman–Crippen LogP) is 2.27. The number of halogens is 2. The molecule has 0 N–H and O–H groups in total. The Labute approximate surface area is 54.5 Å². The van der Waals surface area contributed by atoms with E-state index in [1.165, 1.54) is 0 Å². The van der Waals surface area contributed by atoms with Crippen LogP contribution in [0, 0.1) is 0 Å². The summed E-state index contributed by atoms with van der Waals surface area (Å²) in [7, 11) is 4.20. The lowest BCUT2D eigenvalue weighted by molar-refractivity contribution is 0.701. The zero-order valence-electron chi connectivity index (χ0n) is 2.91. The third kappa shape index (κ3) is 3.45. The maximum atomic E-state index is 11.6. The highest BCUT2D eigenvalue weighted by atomic mass is 127. The molecule has 0 aromatic heterocycles. The van der Waals surface area contributed by atoms with Gasteiger partial charge in [0.1, 0.15) is 5.57 Å². The fraction of sp³-hybridized carbons (Fsp3) is 0. The van der Waals surface area contributed by atoms with Crippen LogP contribution in [-0.2, 0) is 0 Å². The lowest BCUT2D eigenvalue weighted by atomic mass is 11.2. The van der Waals surface area contributed by atoms with Crippen molar-refractivity contribution in [2.75, 3.05) is 0 Å². The van der Waals surface area contributed by atoms with Gasteiger partial charge in [-0.15, -0.1) is 0 Å². The van der Waals surface area contributed by atoms with Gasteiger partial charge >= 0.3 is 0 Å². The molecule has 0 nitrogen and oxygen atoms in total. The second kappa shape index (κ2) is 3.29. The van der Waals surface area contributed by atoms with Gasteiger partial charge in [0.2, 0.25) is 0 Å². The normalized spacial score (nSPS) is 14.0. The van der Waals surface area contributed by atoms with E-state index in [2.05, 4.69) is 9.24 Å². The molecule has 0 radical (unpaired) electrons. The minimum Gasteiger partial charge on any atom is -0.206 e. The maximum Gasteiger partial charge on any atom is 0.129 e. The molecule has 0 aliphatic carbocycles. The zero-order valence-corrected chi connectivity index (χ0v) is 7.38. The summed E-state index contributed by atoms with van der Waals surface area (Å²) in [6.07, 6.45) is 0. The van der Waals surface area contributed by atoms with Gasteiger partial charge in [-0.25, -0.2) is 4.39 Å². The van der Waals surface area contributed by atoms with E-state index in [4.69, 9.17) is 0 Å². The number of hydrogen-bond donors (Lipinski definition) is 0. The maximum absolute atomic E-state index is 11.6. The summed E-state index contributed by atoms with van der Waals surface area (Å²) in [5.74, 6) is 0. The summed E-state index contributed by atoms with van der Waals surface area (Å²) >= 11 is 1.88. The highest BCUT2D eigenvalue weighted by molar-refractivity contribution is 14.1. The molecule has 4 heteroatoms. The molecule has 0 amide bonds. The van der Waals surface area contributed by atoms with Crippen molar-refractivity contribution < 1.29 is 4.39 Å². The molecular formula is C2H4FIP2. The van der Waals surface area contributed by atoms with Crippen molar-refractivity contribution in [2.24, 2.45) is 0 Å². The van der Waals surface area contributed by atoms with Gasteiger partial charge in [0.15, 0.2) is 0 Å². The van der Waals surface area contributed by atoms with Crippen LogP contribution in [0.3, 0.4) is 0 Å². The Morgan fingerprint density at radius 1 is 1.50 bits per heavy atom. The molecule has 0 aliphatic rings. The van der Waals surface area contributed by atoms with Gasteiger partial charge in [0, 0.05) is 3.32 Å². The number of rotatable bonds is 0. The van der Waals surface area contributed by atoms with E-state index in [0.717, 1.165) is 0 Å². The molecule has 2 unspecified atom stereocenters. The Kier molecular flexibility index (Phi) is 3.98. The molecule has 0 aromatic rings. The van der Waals surface area contributed by atoms with Gasteiger partial charge in [-0.2, -0.15) is 0 Å². The minimum atomic E-state index is -0.208. The predicted molar refractivity (Wildman–Crippen MR) is 41.6 cm³/mol. The Balaban J connectivity index is 3.68. The Bertz CT molecular complexity index is 61.6. The fourth-order valence-corrected chi connectivity index (χ4v) is 0. The minimum absolute atomic E-state index is 0.208. The van der Waals surface area contributed by atoms with Crippen LogP contribution < -0.4 is 0 Å². The summed E-state index contributed by atoms with van der Waals surface area (Å²) in [6.45, 7) is 0. The first kappa shape index (κ1) is 7.26. The van der Waals surface area contributed by atoms with Crippen LogP contribution in [0.5, 0.6) is 0 Å². The van der Waals surface area contributed by atoms with Crippen LogP contribution >= 0.6 is 41.1 Å². The second-order valence-corrected chi connectivity index (χ2v) is 4.12. The van der Waals surface area contributed by atoms with Crippen molar-refractivity contribution in [2.45, 2.75) is 0 Å². The van der Waals surface area contributed by atoms with Gasteiger partial charge in [-0.1, -0.05) is 18.5 Å². The van der Waals surface area contributed by atoms with Crippen molar-refractivity contribution in [3.05, 3.63) is 8.89 Å². The van der Waals surface area contributed by atoms with Crippen molar-refractivity contribution in [1.82, 2.24) is 0 Å². The Morgan fingerprint density at radius 3 is 1.67 bits per heavy atom. The van der Waals surface area contributed by atoms with Gasteiger partial charge in [-0.05, 0) is 22.6 Å². The van der Waals surface area contributed by atoms with Crippen LogP contribution in [0.15, 0.2) is 8.89 Å². The molecule has 6 heavy (non-hydrogen) atoms. The third-order valence-electron chi connectivity index (χ3n) is 0.228. The molecular weight excluding hydrogens is 232 g/mol. The molecule has 0 fully saturated rings. The van der Waals surface area contributed by atoms with Crippen LogP contribution in [0.4, 0.5) is 4.39 Å². The largest absolute Gasteiger partial charge is 0.206 e. The van der Waals surface area contributed by atoms with E-state index < -0.39 is 0 Å². The molecule has 0 spiro atoms. The average Bonchev–Trinajstić information content (AvgIpc) is 1.36. The fourth-order valence-electron chi connectivity index (χ4n) is 0. The quantitative estimate of drug-likeness (QED) is 0.447. The van der Waals surface area contributed by atoms with Crippen LogP contribution in [-0.4, -0.2) is 0 Å². The first-order valence-electron chi connectivity index (χ1n) is 1.21. The topological polar surface area (TPSA) is 0 Å². The third-order valence-corrected chi connectivity index (χ3v) is 2.25. The molecule has 0 aromatic carbocycles. The monoisotopic (exact) mass is 236 g/mol. The standard InChI is InChI=1S/C2H4FIP2/c3-1(5)2(4)6/h5-6H2/b2-1-. The highest BCUT2D eigenvalue weighted by Gasteiger charge is 1.83. The van der Waals surface area contributed by atoms with E-state index in [1.807, 2.05) is 31.8 Å². The lowest BCUT2D eigenvalue weighted by Crippen LogP contribution is -1.46. The molecule has 0 bridgehead atoms. The molecule has 0 saturated carbocycles. The van der Waals surface area contributed by atoms with Gasteiger partial charge < -0.3 is 0 Å². The smallest absolute Gasteiger partial charge is 0.129 e. The van der Waals surface area contributed by atoms with Gasteiger partial charge in [0.05, 0.1) is 0 Å². The van der Waals surface area contributed by atoms with Crippen LogP contribution in [0.1, 0.15) is 0 Å². The first-order chi connectivity index (χ1) is 2.64. The van der Waals surface area contributed by atoms with Crippen molar-refractivity contribution in [3.63, 3.8) is 0 Å². The summed E-state index contributed by atoms with van der Waals surface area (Å²) in [5, 5.41) is 0.